The van der Waals surface area contributed by atoms with E-state index in [0.717, 1.165) is 15.7 Å². The molecule has 0 N–H and O–H groups in total. The number of hydrogen-bond donors (Lipinski definition) is 0. The molecule has 0 radical (unpaired) electrons. The van der Waals surface area contributed by atoms with Crippen molar-refractivity contribution in [3.05, 3.63) is 28.2 Å². The fourth-order valence-electron chi connectivity index (χ4n) is 3.18. The van der Waals surface area contributed by atoms with E-state index in [1.807, 2.05) is 18.2 Å². The number of halogens is 1. The molecule has 6 nitrogen and oxygen atoms in total. The molecular formula is C16H17BrN2O4. The number of likely N-dealkylation sites (tertiary alicyclic amines) is 1. The van der Waals surface area contributed by atoms with E-state index >= 15 is 0 Å². The summed E-state index contributed by atoms with van der Waals surface area (Å²) in [6, 6.07) is 5.56. The molecule has 2 aliphatic rings. The molecule has 1 spiro atoms. The molecule has 0 aromatic heterocycles. The number of rotatable bonds is 3. The Morgan fingerprint density at radius 3 is 2.74 bits per heavy atom. The summed E-state index contributed by atoms with van der Waals surface area (Å²) in [7, 11) is 0. The van der Waals surface area contributed by atoms with Gasteiger partial charge in [-0.1, -0.05) is 15.9 Å². The molecule has 1 aromatic carbocycles. The van der Waals surface area contributed by atoms with Gasteiger partial charge in [0.1, 0.15) is 11.7 Å². The SMILES string of the molecule is CC(C)OC(=O)N1CC2(C1)C(=O)N(CC=O)c1ccc(Br)cc12. The van der Waals surface area contributed by atoms with Crippen molar-refractivity contribution < 1.29 is 19.1 Å². The van der Waals surface area contributed by atoms with Crippen LogP contribution in [0.15, 0.2) is 22.7 Å². The largest absolute Gasteiger partial charge is 0.447 e. The molecule has 7 heteroatoms. The highest BCUT2D eigenvalue weighted by Crippen LogP contribution is 2.48. The summed E-state index contributed by atoms with van der Waals surface area (Å²) in [4.78, 5) is 38.7. The molecule has 1 saturated heterocycles. The van der Waals surface area contributed by atoms with Crippen LogP contribution in [0.4, 0.5) is 10.5 Å². The van der Waals surface area contributed by atoms with Gasteiger partial charge < -0.3 is 19.3 Å². The summed E-state index contributed by atoms with van der Waals surface area (Å²) in [5.74, 6) is -0.133. The molecule has 0 unspecified atom stereocenters. The number of amides is 2. The minimum Gasteiger partial charge on any atom is -0.447 e. The van der Waals surface area contributed by atoms with Crippen LogP contribution in [0.3, 0.4) is 0 Å². The predicted molar refractivity (Wildman–Crippen MR) is 87.4 cm³/mol. The van der Waals surface area contributed by atoms with Crippen molar-refractivity contribution in [3.63, 3.8) is 0 Å². The molecule has 0 atom stereocenters. The third-order valence-corrected chi connectivity index (χ3v) is 4.69. The maximum absolute atomic E-state index is 12.8. The highest BCUT2D eigenvalue weighted by molar-refractivity contribution is 9.10. The number of carbonyl (C=O) groups is 3. The first-order valence-corrected chi connectivity index (χ1v) is 8.19. The van der Waals surface area contributed by atoms with Gasteiger partial charge in [0.15, 0.2) is 0 Å². The Kier molecular flexibility index (Phi) is 3.91. The third-order valence-electron chi connectivity index (χ3n) is 4.19. The maximum Gasteiger partial charge on any atom is 0.410 e. The Labute approximate surface area is 142 Å². The predicted octanol–water partition coefficient (Wildman–Crippen LogP) is 2.09. The van der Waals surface area contributed by atoms with Crippen molar-refractivity contribution in [1.82, 2.24) is 4.90 Å². The van der Waals surface area contributed by atoms with Crippen LogP contribution in [0.5, 0.6) is 0 Å². The van der Waals surface area contributed by atoms with E-state index in [2.05, 4.69) is 15.9 Å². The lowest BCUT2D eigenvalue weighted by Gasteiger charge is -2.46. The van der Waals surface area contributed by atoms with Gasteiger partial charge in [-0.05, 0) is 37.6 Å². The van der Waals surface area contributed by atoms with Crippen LogP contribution in [-0.2, 0) is 19.7 Å². The number of fused-ring (bicyclic) bond motifs is 2. The van der Waals surface area contributed by atoms with Gasteiger partial charge in [0.05, 0.1) is 12.6 Å². The van der Waals surface area contributed by atoms with Crippen molar-refractivity contribution in [2.45, 2.75) is 25.4 Å². The lowest BCUT2D eigenvalue weighted by Crippen LogP contribution is -2.65. The average molecular weight is 381 g/mol. The minimum atomic E-state index is -0.766. The fraction of sp³-hybridized carbons (Fsp3) is 0.438. The van der Waals surface area contributed by atoms with E-state index in [9.17, 15) is 14.4 Å². The van der Waals surface area contributed by atoms with Crippen molar-refractivity contribution >= 4 is 39.9 Å². The molecule has 3 rings (SSSR count). The normalized spacial score (nSPS) is 18.2. The Morgan fingerprint density at radius 1 is 1.43 bits per heavy atom. The fourth-order valence-corrected chi connectivity index (χ4v) is 3.54. The van der Waals surface area contributed by atoms with Crippen LogP contribution in [-0.4, -0.2) is 48.9 Å². The van der Waals surface area contributed by atoms with Crippen LogP contribution >= 0.6 is 15.9 Å². The smallest absolute Gasteiger partial charge is 0.410 e. The molecular weight excluding hydrogens is 364 g/mol. The summed E-state index contributed by atoms with van der Waals surface area (Å²) in [5, 5.41) is 0. The zero-order valence-corrected chi connectivity index (χ0v) is 14.5. The zero-order chi connectivity index (χ0) is 16.8. The van der Waals surface area contributed by atoms with Crippen molar-refractivity contribution in [2.75, 3.05) is 24.5 Å². The van der Waals surface area contributed by atoms with Crippen LogP contribution in [0.2, 0.25) is 0 Å². The number of benzene rings is 1. The van der Waals surface area contributed by atoms with Gasteiger partial charge >= 0.3 is 6.09 Å². The molecule has 0 bridgehead atoms. The lowest BCUT2D eigenvalue weighted by atomic mass is 9.75. The number of ether oxygens (including phenoxy) is 1. The highest BCUT2D eigenvalue weighted by atomic mass is 79.9. The summed E-state index contributed by atoms with van der Waals surface area (Å²) in [6.45, 7) is 4.14. The van der Waals surface area contributed by atoms with E-state index < -0.39 is 11.5 Å². The third kappa shape index (κ3) is 2.43. The van der Waals surface area contributed by atoms with Crippen molar-refractivity contribution in [1.29, 1.82) is 0 Å². The van der Waals surface area contributed by atoms with Gasteiger partial charge in [0.25, 0.3) is 0 Å². The van der Waals surface area contributed by atoms with Gasteiger partial charge in [-0.3, -0.25) is 4.79 Å². The second-order valence-electron chi connectivity index (χ2n) is 6.11. The zero-order valence-electron chi connectivity index (χ0n) is 12.9. The molecule has 2 heterocycles. The summed E-state index contributed by atoms with van der Waals surface area (Å²) >= 11 is 3.42. The van der Waals surface area contributed by atoms with E-state index in [1.165, 1.54) is 9.80 Å². The quantitative estimate of drug-likeness (QED) is 0.753. The molecule has 1 aromatic rings. The summed E-state index contributed by atoms with van der Waals surface area (Å²) in [5.41, 5.74) is 0.826. The highest BCUT2D eigenvalue weighted by Gasteiger charge is 2.59. The van der Waals surface area contributed by atoms with Crippen molar-refractivity contribution in [2.24, 2.45) is 0 Å². The van der Waals surface area contributed by atoms with Crippen LogP contribution in [0.1, 0.15) is 19.4 Å². The van der Waals surface area contributed by atoms with Crippen LogP contribution in [0, 0.1) is 0 Å². The standard InChI is InChI=1S/C16H17BrN2O4/c1-10(2)23-15(22)18-8-16(9-18)12-7-11(17)3-4-13(12)19(5-6-20)14(16)21/h3-4,6-7,10H,5,8-9H2,1-2H3. The molecule has 0 saturated carbocycles. The van der Waals surface area contributed by atoms with Crippen LogP contribution < -0.4 is 4.90 Å². The van der Waals surface area contributed by atoms with E-state index in [0.29, 0.717) is 6.29 Å². The first kappa shape index (κ1) is 16.0. The minimum absolute atomic E-state index is 0.0195. The monoisotopic (exact) mass is 380 g/mol. The molecule has 2 aliphatic heterocycles. The van der Waals surface area contributed by atoms with E-state index in [1.54, 1.807) is 13.8 Å². The average Bonchev–Trinajstić information content (AvgIpc) is 2.66. The molecule has 2 amide bonds. The van der Waals surface area contributed by atoms with E-state index in [-0.39, 0.29) is 31.6 Å². The number of anilines is 1. The van der Waals surface area contributed by atoms with Crippen molar-refractivity contribution in [3.8, 4) is 0 Å². The number of hydrogen-bond acceptors (Lipinski definition) is 4. The Hall–Kier alpha value is -1.89. The Morgan fingerprint density at radius 2 is 2.13 bits per heavy atom. The Bertz CT molecular complexity index is 683. The lowest BCUT2D eigenvalue weighted by molar-refractivity contribution is -0.129. The second kappa shape index (κ2) is 5.63. The van der Waals surface area contributed by atoms with Crippen LogP contribution in [0.25, 0.3) is 0 Å². The summed E-state index contributed by atoms with van der Waals surface area (Å²) < 4.78 is 6.04. The second-order valence-corrected chi connectivity index (χ2v) is 7.03. The number of aldehydes is 1. The van der Waals surface area contributed by atoms with E-state index in [4.69, 9.17) is 4.74 Å². The maximum atomic E-state index is 12.8. The van der Waals surface area contributed by atoms with Gasteiger partial charge in [0, 0.05) is 23.2 Å². The topological polar surface area (TPSA) is 66.9 Å². The van der Waals surface area contributed by atoms with Gasteiger partial charge in [-0.15, -0.1) is 0 Å². The molecule has 0 aliphatic carbocycles. The molecule has 122 valence electrons. The summed E-state index contributed by atoms with van der Waals surface area (Å²) in [6.07, 6.45) is 0.0989. The van der Waals surface area contributed by atoms with Gasteiger partial charge in [0.2, 0.25) is 5.91 Å². The first-order valence-electron chi connectivity index (χ1n) is 7.40. The molecule has 23 heavy (non-hydrogen) atoms. The van der Waals surface area contributed by atoms with Gasteiger partial charge in [-0.25, -0.2) is 4.79 Å². The first-order chi connectivity index (χ1) is 10.9. The van der Waals surface area contributed by atoms with Gasteiger partial charge in [-0.2, -0.15) is 0 Å². The Balaban J connectivity index is 1.90. The number of carbonyl (C=O) groups excluding carboxylic acids is 3. The molecule has 1 fully saturated rings. The number of nitrogens with zero attached hydrogens (tertiary/aromatic N) is 2.